The summed E-state index contributed by atoms with van der Waals surface area (Å²) in [5, 5.41) is 57.0. The molecular weight excluding hydrogens is 428 g/mol. The van der Waals surface area contributed by atoms with Crippen LogP contribution in [0.5, 0.6) is 34.5 Å². The molecule has 0 aliphatic carbocycles. The molecule has 0 amide bonds. The van der Waals surface area contributed by atoms with Crippen LogP contribution < -0.4 is 5.43 Å². The van der Waals surface area contributed by atoms with Gasteiger partial charge < -0.3 is 35.1 Å². The summed E-state index contributed by atoms with van der Waals surface area (Å²) in [5.41, 5.74) is 1.24. The van der Waals surface area contributed by atoms with Crippen LogP contribution in [0.1, 0.15) is 30.9 Å². The third-order valence-electron chi connectivity index (χ3n) is 5.07. The Morgan fingerprint density at radius 1 is 0.758 bits per heavy atom. The van der Waals surface area contributed by atoms with Gasteiger partial charge in [-0.25, -0.2) is 0 Å². The maximum Gasteiger partial charge on any atom is 0.238 e. The minimum Gasteiger partial charge on any atom is -0.508 e. The van der Waals surface area contributed by atoms with Gasteiger partial charge in [-0.2, -0.15) is 0 Å². The minimum atomic E-state index is -0.888. The Morgan fingerprint density at radius 3 is 2.06 bits per heavy atom. The van der Waals surface area contributed by atoms with Gasteiger partial charge in [-0.1, -0.05) is 26.0 Å². The van der Waals surface area contributed by atoms with E-state index in [2.05, 4.69) is 19.9 Å². The van der Waals surface area contributed by atoms with Crippen LogP contribution in [0, 0.1) is 6.92 Å². The zero-order chi connectivity index (χ0) is 24.4. The molecule has 0 aliphatic heterocycles. The fourth-order valence-corrected chi connectivity index (χ4v) is 3.12. The van der Waals surface area contributed by atoms with Gasteiger partial charge in [0.2, 0.25) is 11.2 Å². The Balaban J connectivity index is 0.000000235. The molecule has 0 unspecified atom stereocenters. The zero-order valence-corrected chi connectivity index (χ0v) is 18.2. The molecule has 1 aromatic heterocycles. The Morgan fingerprint density at radius 2 is 1.45 bits per heavy atom. The largest absolute Gasteiger partial charge is 0.508 e. The van der Waals surface area contributed by atoms with E-state index in [9.17, 15) is 35.4 Å². The normalized spacial score (nSPS) is 10.8. The number of rotatable bonds is 2. The minimum absolute atomic E-state index is 0.134. The number of phenols is 5. The second-order valence-electron chi connectivity index (χ2n) is 7.85. The molecule has 33 heavy (non-hydrogen) atoms. The van der Waals surface area contributed by atoms with Gasteiger partial charge in [-0.15, -0.1) is 0 Å². The highest BCUT2D eigenvalue weighted by molar-refractivity contribution is 5.88. The molecule has 0 radical (unpaired) electrons. The van der Waals surface area contributed by atoms with Crippen molar-refractivity contribution in [1.29, 1.82) is 0 Å². The second kappa shape index (κ2) is 9.04. The third-order valence-corrected chi connectivity index (χ3v) is 5.07. The highest BCUT2D eigenvalue weighted by Gasteiger charge is 2.19. The van der Waals surface area contributed by atoms with Crippen LogP contribution in [0.25, 0.3) is 22.3 Å². The first-order valence-electron chi connectivity index (χ1n) is 10.0. The third kappa shape index (κ3) is 4.79. The van der Waals surface area contributed by atoms with Gasteiger partial charge in [0.15, 0.2) is 17.3 Å². The quantitative estimate of drug-likeness (QED) is 0.237. The zero-order valence-electron chi connectivity index (χ0n) is 18.2. The van der Waals surface area contributed by atoms with E-state index in [-0.39, 0.29) is 33.8 Å². The van der Waals surface area contributed by atoms with E-state index in [1.54, 1.807) is 0 Å². The number of aryl methyl sites for hydroxylation is 1. The Kier molecular flexibility index (Phi) is 6.39. The summed E-state index contributed by atoms with van der Waals surface area (Å²) in [6.07, 6.45) is 0. The maximum absolute atomic E-state index is 12.1. The molecule has 0 aliphatic rings. The lowest BCUT2D eigenvalue weighted by molar-refractivity contribution is 0.403. The SMILES string of the molecule is Cc1ccc(C(C)C)cc1O.O=c1c(O)c(-c2ccc(O)c(O)c2)oc2cc(O)cc(O)c12. The van der Waals surface area contributed by atoms with Crippen LogP contribution in [0.3, 0.4) is 0 Å². The van der Waals surface area contributed by atoms with Crippen molar-refractivity contribution in [3.63, 3.8) is 0 Å². The molecule has 172 valence electrons. The summed E-state index contributed by atoms with van der Waals surface area (Å²) in [4.78, 5) is 12.1. The van der Waals surface area contributed by atoms with Crippen LogP contribution in [0.15, 0.2) is 57.7 Å². The molecule has 0 saturated heterocycles. The molecule has 0 bridgehead atoms. The van der Waals surface area contributed by atoms with Crippen molar-refractivity contribution in [3.8, 4) is 45.8 Å². The van der Waals surface area contributed by atoms with Crippen molar-refractivity contribution in [3.05, 3.63) is 69.9 Å². The molecule has 8 nitrogen and oxygen atoms in total. The van der Waals surface area contributed by atoms with Crippen LogP contribution in [-0.4, -0.2) is 30.6 Å². The number of fused-ring (bicyclic) bond motifs is 1. The van der Waals surface area contributed by atoms with Crippen molar-refractivity contribution in [2.45, 2.75) is 26.7 Å². The van der Waals surface area contributed by atoms with E-state index in [1.807, 2.05) is 19.1 Å². The van der Waals surface area contributed by atoms with Crippen LogP contribution in [0.4, 0.5) is 0 Å². The van der Waals surface area contributed by atoms with Crippen molar-refractivity contribution < 1.29 is 35.1 Å². The molecule has 1 heterocycles. The van der Waals surface area contributed by atoms with E-state index in [4.69, 9.17) is 4.42 Å². The average molecular weight is 452 g/mol. The Hall–Kier alpha value is -4.33. The lowest BCUT2D eigenvalue weighted by Crippen LogP contribution is -2.02. The van der Waals surface area contributed by atoms with Gasteiger partial charge in [0.1, 0.15) is 28.2 Å². The monoisotopic (exact) mass is 452 g/mol. The van der Waals surface area contributed by atoms with Gasteiger partial charge in [-0.3, -0.25) is 4.79 Å². The van der Waals surface area contributed by atoms with E-state index < -0.39 is 22.7 Å². The summed E-state index contributed by atoms with van der Waals surface area (Å²) in [6, 6.07) is 11.5. The number of hydrogen-bond donors (Lipinski definition) is 6. The van der Waals surface area contributed by atoms with Gasteiger partial charge in [-0.05, 0) is 48.2 Å². The second-order valence-corrected chi connectivity index (χ2v) is 7.85. The highest BCUT2D eigenvalue weighted by atomic mass is 16.4. The van der Waals surface area contributed by atoms with Crippen molar-refractivity contribution >= 4 is 11.0 Å². The Bertz CT molecular complexity index is 1390. The number of aromatic hydroxyl groups is 6. The van der Waals surface area contributed by atoms with Gasteiger partial charge in [0.05, 0.1) is 0 Å². The first-order valence-corrected chi connectivity index (χ1v) is 10.0. The first kappa shape index (κ1) is 23.3. The highest BCUT2D eigenvalue weighted by Crippen LogP contribution is 2.37. The van der Waals surface area contributed by atoms with Gasteiger partial charge in [0.25, 0.3) is 0 Å². The van der Waals surface area contributed by atoms with E-state index in [1.165, 1.54) is 11.6 Å². The van der Waals surface area contributed by atoms with Crippen LogP contribution in [0.2, 0.25) is 0 Å². The molecule has 8 heteroatoms. The number of benzene rings is 3. The molecule has 4 aromatic rings. The molecule has 0 atom stereocenters. The van der Waals surface area contributed by atoms with E-state index in [0.29, 0.717) is 11.7 Å². The topological polar surface area (TPSA) is 152 Å². The Labute approximate surface area is 188 Å². The summed E-state index contributed by atoms with van der Waals surface area (Å²) in [6.45, 7) is 6.13. The average Bonchev–Trinajstić information content (AvgIpc) is 2.74. The first-order chi connectivity index (χ1) is 15.5. The smallest absolute Gasteiger partial charge is 0.238 e. The summed E-state index contributed by atoms with van der Waals surface area (Å²) in [7, 11) is 0. The molecular formula is C25H24O8. The van der Waals surface area contributed by atoms with Gasteiger partial charge in [0, 0.05) is 17.7 Å². The van der Waals surface area contributed by atoms with Crippen molar-refractivity contribution in [1.82, 2.24) is 0 Å². The molecule has 0 saturated carbocycles. The lowest BCUT2D eigenvalue weighted by Gasteiger charge is -2.08. The van der Waals surface area contributed by atoms with Crippen molar-refractivity contribution in [2.75, 3.05) is 0 Å². The fraction of sp³-hybridized carbons (Fsp3) is 0.160. The van der Waals surface area contributed by atoms with Crippen LogP contribution in [-0.2, 0) is 0 Å². The molecule has 6 N–H and O–H groups in total. The lowest BCUT2D eigenvalue weighted by atomic mass is 10.0. The van der Waals surface area contributed by atoms with E-state index in [0.717, 1.165) is 29.8 Å². The summed E-state index contributed by atoms with van der Waals surface area (Å²) >= 11 is 0. The van der Waals surface area contributed by atoms with Crippen molar-refractivity contribution in [2.24, 2.45) is 0 Å². The predicted molar refractivity (Wildman–Crippen MR) is 123 cm³/mol. The standard InChI is InChI=1S/C15H10O7.C10H14O/c16-7-4-10(19)12-11(5-7)22-15(14(21)13(12)20)6-1-2-8(17)9(18)3-6;1-7(2)9-5-4-8(3)10(11)6-9/h1-5,16-19,21H;4-7,11H,1-3H3. The maximum atomic E-state index is 12.1. The molecule has 0 fully saturated rings. The molecule has 3 aromatic carbocycles. The van der Waals surface area contributed by atoms with Crippen LogP contribution >= 0.6 is 0 Å². The van der Waals surface area contributed by atoms with Gasteiger partial charge >= 0.3 is 0 Å². The molecule has 4 rings (SSSR count). The fourth-order valence-electron chi connectivity index (χ4n) is 3.12. The van der Waals surface area contributed by atoms with E-state index >= 15 is 0 Å². The summed E-state index contributed by atoms with van der Waals surface area (Å²) in [5.74, 6) is -1.83. The molecule has 0 spiro atoms. The summed E-state index contributed by atoms with van der Waals surface area (Å²) < 4.78 is 5.35. The number of hydrogen-bond acceptors (Lipinski definition) is 8. The predicted octanol–water partition coefficient (Wildman–Crippen LogP) is 4.81. The number of phenolic OH excluding ortho intramolecular Hbond substituents is 5.